The minimum absolute atomic E-state index is 0.128. The van der Waals surface area contributed by atoms with Crippen molar-refractivity contribution in [1.29, 1.82) is 0 Å². The van der Waals surface area contributed by atoms with Gasteiger partial charge in [-0.2, -0.15) is 0 Å². The fourth-order valence-electron chi connectivity index (χ4n) is 0.707. The highest BCUT2D eigenvalue weighted by Crippen LogP contribution is 2.20. The van der Waals surface area contributed by atoms with Crippen molar-refractivity contribution in [3.8, 4) is 0 Å². The van der Waals surface area contributed by atoms with Crippen LogP contribution in [0.3, 0.4) is 0 Å². The molecule has 0 aliphatic carbocycles. The maximum absolute atomic E-state index is 5.28. The molecule has 1 saturated heterocycles. The van der Waals surface area contributed by atoms with E-state index in [1.807, 2.05) is 13.8 Å². The third-order valence-electron chi connectivity index (χ3n) is 1.73. The zero-order valence-electron chi connectivity index (χ0n) is 5.89. The predicted octanol–water partition coefficient (Wildman–Crippen LogP) is 1.06. The first-order valence-corrected chi connectivity index (χ1v) is 3.43. The van der Waals surface area contributed by atoms with Crippen LogP contribution < -0.4 is 5.32 Å². The zero-order chi connectivity index (χ0) is 7.07. The van der Waals surface area contributed by atoms with Gasteiger partial charge in [-0.3, -0.25) is 0 Å². The van der Waals surface area contributed by atoms with Crippen LogP contribution in [0, 0.1) is 0 Å². The summed E-state index contributed by atoms with van der Waals surface area (Å²) in [5.41, 5.74) is -0.128. The minimum atomic E-state index is -0.128. The Kier molecular flexibility index (Phi) is 1.39. The summed E-state index contributed by atoms with van der Waals surface area (Å²) in [4.78, 5) is 0. The van der Waals surface area contributed by atoms with Crippen molar-refractivity contribution >= 4 is 17.4 Å². The van der Waals surface area contributed by atoms with Gasteiger partial charge in [0.15, 0.2) is 0 Å². The molecule has 2 nitrogen and oxygen atoms in total. The van der Waals surface area contributed by atoms with Gasteiger partial charge in [-0.15, -0.1) is 0 Å². The van der Waals surface area contributed by atoms with Crippen LogP contribution in [0.1, 0.15) is 20.8 Å². The molecule has 1 N–H and O–H groups in total. The van der Waals surface area contributed by atoms with Gasteiger partial charge in [-0.25, -0.2) is 0 Å². The standard InChI is InChI=1S/C6H11NOS/c1-4-6(2,3)8-5(9)7-4/h4H,1-3H3,(H,7,9)/t4-/m0/s1. The van der Waals surface area contributed by atoms with Crippen molar-refractivity contribution in [2.24, 2.45) is 0 Å². The Labute approximate surface area is 60.6 Å². The molecule has 0 aromatic carbocycles. The van der Waals surface area contributed by atoms with Crippen LogP contribution in [0.4, 0.5) is 0 Å². The topological polar surface area (TPSA) is 21.3 Å². The molecule has 1 atom stereocenters. The Bertz CT molecular complexity index is 144. The van der Waals surface area contributed by atoms with E-state index in [2.05, 4.69) is 12.2 Å². The Balaban J connectivity index is 2.69. The van der Waals surface area contributed by atoms with Crippen molar-refractivity contribution in [2.75, 3.05) is 0 Å². The SMILES string of the molecule is C[C@@H]1NC(=S)OC1(C)C. The number of ether oxygens (including phenoxy) is 1. The lowest BCUT2D eigenvalue weighted by Crippen LogP contribution is -2.35. The summed E-state index contributed by atoms with van der Waals surface area (Å²) < 4.78 is 5.28. The third kappa shape index (κ3) is 1.15. The van der Waals surface area contributed by atoms with Crippen LogP contribution >= 0.6 is 12.2 Å². The van der Waals surface area contributed by atoms with Gasteiger partial charge in [0, 0.05) is 0 Å². The Morgan fingerprint density at radius 1 is 1.67 bits per heavy atom. The summed E-state index contributed by atoms with van der Waals surface area (Å²) in [6.07, 6.45) is 0. The molecule has 9 heavy (non-hydrogen) atoms. The van der Waals surface area contributed by atoms with Gasteiger partial charge < -0.3 is 10.1 Å². The monoisotopic (exact) mass is 145 g/mol. The van der Waals surface area contributed by atoms with Gasteiger partial charge in [-0.05, 0) is 33.0 Å². The number of rotatable bonds is 0. The van der Waals surface area contributed by atoms with Crippen LogP contribution in [0.2, 0.25) is 0 Å². The first-order valence-electron chi connectivity index (χ1n) is 3.02. The second-order valence-electron chi connectivity index (χ2n) is 2.86. The largest absolute Gasteiger partial charge is 0.463 e. The van der Waals surface area contributed by atoms with Crippen LogP contribution in [-0.4, -0.2) is 16.8 Å². The minimum Gasteiger partial charge on any atom is -0.463 e. The highest BCUT2D eigenvalue weighted by atomic mass is 32.1. The smallest absolute Gasteiger partial charge is 0.257 e. The number of nitrogens with one attached hydrogen (secondary N) is 1. The maximum Gasteiger partial charge on any atom is 0.257 e. The fourth-order valence-corrected chi connectivity index (χ4v) is 1.10. The van der Waals surface area contributed by atoms with E-state index < -0.39 is 0 Å². The normalized spacial score (nSPS) is 31.4. The van der Waals surface area contributed by atoms with E-state index in [-0.39, 0.29) is 5.60 Å². The van der Waals surface area contributed by atoms with Crippen molar-refractivity contribution in [3.63, 3.8) is 0 Å². The number of thiocarbonyl (C=S) groups is 1. The molecular weight excluding hydrogens is 134 g/mol. The van der Waals surface area contributed by atoms with E-state index in [0.717, 1.165) is 0 Å². The molecular formula is C6H11NOS. The summed E-state index contributed by atoms with van der Waals surface area (Å²) >= 11 is 4.81. The van der Waals surface area contributed by atoms with Gasteiger partial charge in [0.05, 0.1) is 6.04 Å². The molecule has 52 valence electrons. The van der Waals surface area contributed by atoms with Crippen LogP contribution in [0.25, 0.3) is 0 Å². The molecule has 0 aromatic heterocycles. The second kappa shape index (κ2) is 1.84. The van der Waals surface area contributed by atoms with E-state index in [1.165, 1.54) is 0 Å². The van der Waals surface area contributed by atoms with E-state index >= 15 is 0 Å². The average Bonchev–Trinajstić information content (AvgIpc) is 1.79. The van der Waals surface area contributed by atoms with Gasteiger partial charge in [0.1, 0.15) is 5.60 Å². The molecule has 1 heterocycles. The zero-order valence-corrected chi connectivity index (χ0v) is 6.71. The Hall–Kier alpha value is -0.310. The second-order valence-corrected chi connectivity index (χ2v) is 3.23. The lowest BCUT2D eigenvalue weighted by Gasteiger charge is -2.19. The fraction of sp³-hybridized carbons (Fsp3) is 0.833. The molecule has 0 unspecified atom stereocenters. The summed E-state index contributed by atoms with van der Waals surface area (Å²) in [7, 11) is 0. The first-order chi connectivity index (χ1) is 4.02. The lowest BCUT2D eigenvalue weighted by atomic mass is 10.0. The van der Waals surface area contributed by atoms with Crippen LogP contribution in [-0.2, 0) is 4.74 Å². The molecule has 1 aliphatic heterocycles. The molecule has 3 heteroatoms. The maximum atomic E-state index is 5.28. The molecule has 0 aromatic rings. The molecule has 1 rings (SSSR count). The summed E-state index contributed by atoms with van der Waals surface area (Å²) in [6, 6.07) is 0.324. The third-order valence-corrected chi connectivity index (χ3v) is 1.93. The summed E-state index contributed by atoms with van der Waals surface area (Å²) in [5, 5.41) is 3.54. The van der Waals surface area contributed by atoms with Crippen molar-refractivity contribution < 1.29 is 4.74 Å². The van der Waals surface area contributed by atoms with Gasteiger partial charge >= 0.3 is 0 Å². The van der Waals surface area contributed by atoms with Crippen molar-refractivity contribution in [1.82, 2.24) is 5.32 Å². The Morgan fingerprint density at radius 2 is 2.22 bits per heavy atom. The molecule has 0 saturated carbocycles. The Morgan fingerprint density at radius 3 is 2.33 bits per heavy atom. The molecule has 0 radical (unpaired) electrons. The summed E-state index contributed by atoms with van der Waals surface area (Å²) in [5.74, 6) is 0. The van der Waals surface area contributed by atoms with Crippen molar-refractivity contribution in [2.45, 2.75) is 32.4 Å². The van der Waals surface area contributed by atoms with E-state index in [4.69, 9.17) is 17.0 Å². The van der Waals surface area contributed by atoms with E-state index in [0.29, 0.717) is 11.2 Å². The number of hydrogen-bond donors (Lipinski definition) is 1. The van der Waals surface area contributed by atoms with Gasteiger partial charge in [0.2, 0.25) is 0 Å². The van der Waals surface area contributed by atoms with E-state index in [9.17, 15) is 0 Å². The van der Waals surface area contributed by atoms with Gasteiger partial charge in [-0.1, -0.05) is 0 Å². The van der Waals surface area contributed by atoms with Crippen molar-refractivity contribution in [3.05, 3.63) is 0 Å². The highest BCUT2D eigenvalue weighted by Gasteiger charge is 2.35. The number of hydrogen-bond acceptors (Lipinski definition) is 2. The van der Waals surface area contributed by atoms with Crippen LogP contribution in [0.5, 0.6) is 0 Å². The molecule has 0 spiro atoms. The molecule has 1 aliphatic rings. The van der Waals surface area contributed by atoms with Crippen LogP contribution in [0.15, 0.2) is 0 Å². The average molecular weight is 145 g/mol. The summed E-state index contributed by atoms with van der Waals surface area (Å²) in [6.45, 7) is 6.09. The lowest BCUT2D eigenvalue weighted by molar-refractivity contribution is 0.112. The quantitative estimate of drug-likeness (QED) is 0.515. The molecule has 1 fully saturated rings. The molecule has 0 amide bonds. The van der Waals surface area contributed by atoms with Gasteiger partial charge in [0.25, 0.3) is 5.17 Å². The molecule has 0 bridgehead atoms. The predicted molar refractivity (Wildman–Crippen MR) is 40.4 cm³/mol. The van der Waals surface area contributed by atoms with E-state index in [1.54, 1.807) is 0 Å². The first kappa shape index (κ1) is 6.81. The highest BCUT2D eigenvalue weighted by molar-refractivity contribution is 7.80.